The van der Waals surface area contributed by atoms with Gasteiger partial charge in [-0.05, 0) is 13.0 Å². The highest BCUT2D eigenvalue weighted by Gasteiger charge is 2.24. The predicted octanol–water partition coefficient (Wildman–Crippen LogP) is 2.40. The highest BCUT2D eigenvalue weighted by molar-refractivity contribution is 7.09. The van der Waals surface area contributed by atoms with Crippen LogP contribution >= 0.6 is 11.3 Å². The Morgan fingerprint density at radius 3 is 3.21 bits per heavy atom. The van der Waals surface area contributed by atoms with Gasteiger partial charge in [0.2, 0.25) is 0 Å². The van der Waals surface area contributed by atoms with E-state index in [4.69, 9.17) is 4.74 Å². The van der Waals surface area contributed by atoms with E-state index < -0.39 is 0 Å². The SMILES string of the molecule is Cc1cccc(-c2nnn3c2CO[C@@H](CNCc2nccs2)C3)c1. The average Bonchev–Trinajstić information content (AvgIpc) is 3.24. The van der Waals surface area contributed by atoms with Crippen molar-refractivity contribution in [2.75, 3.05) is 6.54 Å². The fourth-order valence-corrected chi connectivity index (χ4v) is 3.47. The molecule has 24 heavy (non-hydrogen) atoms. The van der Waals surface area contributed by atoms with Crippen LogP contribution < -0.4 is 5.32 Å². The topological polar surface area (TPSA) is 64.9 Å². The van der Waals surface area contributed by atoms with Crippen LogP contribution in [0.5, 0.6) is 0 Å². The number of ether oxygens (including phenoxy) is 1. The zero-order valence-electron chi connectivity index (χ0n) is 13.5. The van der Waals surface area contributed by atoms with Crippen molar-refractivity contribution in [1.29, 1.82) is 0 Å². The van der Waals surface area contributed by atoms with Crippen molar-refractivity contribution in [1.82, 2.24) is 25.3 Å². The third-order valence-corrected chi connectivity index (χ3v) is 4.87. The van der Waals surface area contributed by atoms with Gasteiger partial charge in [-0.1, -0.05) is 29.0 Å². The fourth-order valence-electron chi connectivity index (χ4n) is 2.89. The number of aryl methyl sites for hydroxylation is 1. The largest absolute Gasteiger partial charge is 0.369 e. The Balaban J connectivity index is 1.41. The molecule has 1 N–H and O–H groups in total. The first-order valence-corrected chi connectivity index (χ1v) is 8.87. The van der Waals surface area contributed by atoms with Gasteiger partial charge in [0.1, 0.15) is 10.7 Å². The van der Waals surface area contributed by atoms with Crippen LogP contribution in [0.25, 0.3) is 11.3 Å². The Labute approximate surface area is 144 Å². The summed E-state index contributed by atoms with van der Waals surface area (Å²) < 4.78 is 7.96. The summed E-state index contributed by atoms with van der Waals surface area (Å²) in [7, 11) is 0. The summed E-state index contributed by atoms with van der Waals surface area (Å²) >= 11 is 1.66. The molecule has 3 aromatic rings. The van der Waals surface area contributed by atoms with Gasteiger partial charge >= 0.3 is 0 Å². The van der Waals surface area contributed by atoms with Crippen LogP contribution in [0.1, 0.15) is 16.3 Å². The van der Waals surface area contributed by atoms with Crippen molar-refractivity contribution in [3.63, 3.8) is 0 Å². The van der Waals surface area contributed by atoms with Crippen molar-refractivity contribution in [3.8, 4) is 11.3 Å². The maximum absolute atomic E-state index is 5.99. The molecule has 3 heterocycles. The first-order chi connectivity index (χ1) is 11.8. The van der Waals surface area contributed by atoms with Crippen LogP contribution in [-0.2, 0) is 24.4 Å². The lowest BCUT2D eigenvalue weighted by Crippen LogP contribution is -2.36. The number of hydrogen-bond acceptors (Lipinski definition) is 6. The van der Waals surface area contributed by atoms with Crippen molar-refractivity contribution in [3.05, 3.63) is 52.1 Å². The van der Waals surface area contributed by atoms with Gasteiger partial charge in [-0.3, -0.25) is 0 Å². The summed E-state index contributed by atoms with van der Waals surface area (Å²) in [5.74, 6) is 0. The molecule has 7 heteroatoms. The fraction of sp³-hybridized carbons (Fsp3) is 0.353. The molecule has 6 nitrogen and oxygen atoms in total. The highest BCUT2D eigenvalue weighted by atomic mass is 32.1. The number of aromatic nitrogens is 4. The van der Waals surface area contributed by atoms with Gasteiger partial charge in [0.15, 0.2) is 0 Å². The van der Waals surface area contributed by atoms with E-state index in [1.165, 1.54) is 5.56 Å². The molecule has 0 radical (unpaired) electrons. The molecule has 0 amide bonds. The molecule has 4 rings (SSSR count). The number of fused-ring (bicyclic) bond motifs is 1. The van der Waals surface area contributed by atoms with Gasteiger partial charge in [0.05, 0.1) is 24.9 Å². The lowest BCUT2D eigenvalue weighted by Gasteiger charge is -2.24. The molecule has 0 fully saturated rings. The second-order valence-electron chi connectivity index (χ2n) is 5.93. The molecule has 1 aromatic carbocycles. The van der Waals surface area contributed by atoms with Crippen molar-refractivity contribution >= 4 is 11.3 Å². The van der Waals surface area contributed by atoms with Gasteiger partial charge in [-0.25, -0.2) is 9.67 Å². The molecule has 0 saturated carbocycles. The van der Waals surface area contributed by atoms with Gasteiger partial charge in [-0.2, -0.15) is 0 Å². The lowest BCUT2D eigenvalue weighted by molar-refractivity contribution is 0.00125. The van der Waals surface area contributed by atoms with E-state index >= 15 is 0 Å². The van der Waals surface area contributed by atoms with E-state index in [2.05, 4.69) is 45.7 Å². The van der Waals surface area contributed by atoms with Crippen molar-refractivity contribution in [2.24, 2.45) is 0 Å². The number of benzene rings is 1. The molecule has 1 atom stereocenters. The molecular formula is C17H19N5OS. The van der Waals surface area contributed by atoms with Crippen molar-refractivity contribution in [2.45, 2.75) is 32.7 Å². The van der Waals surface area contributed by atoms with E-state index in [9.17, 15) is 0 Å². The molecule has 124 valence electrons. The highest BCUT2D eigenvalue weighted by Crippen LogP contribution is 2.25. The third-order valence-electron chi connectivity index (χ3n) is 4.09. The van der Waals surface area contributed by atoms with Gasteiger partial charge in [-0.15, -0.1) is 16.4 Å². The summed E-state index contributed by atoms with van der Waals surface area (Å²) in [4.78, 5) is 4.27. The Hall–Kier alpha value is -2.09. The standard InChI is InChI=1S/C17H19N5OS/c1-12-3-2-4-13(7-12)17-15-11-23-14(10-22(15)21-20-17)8-18-9-16-19-5-6-24-16/h2-7,14,18H,8-11H2,1H3/t14-/m0/s1. The molecule has 1 aliphatic heterocycles. The van der Waals surface area contributed by atoms with Crippen LogP contribution in [0.15, 0.2) is 35.8 Å². The first-order valence-electron chi connectivity index (χ1n) is 7.99. The van der Waals surface area contributed by atoms with Gasteiger partial charge in [0.25, 0.3) is 0 Å². The first kappa shape index (κ1) is 15.4. The Kier molecular flexibility index (Phi) is 4.38. The number of nitrogens with zero attached hydrogens (tertiary/aromatic N) is 4. The van der Waals surface area contributed by atoms with Crippen LogP contribution in [0, 0.1) is 6.92 Å². The third kappa shape index (κ3) is 3.24. The predicted molar refractivity (Wildman–Crippen MR) is 92.6 cm³/mol. The van der Waals surface area contributed by atoms with E-state index in [1.807, 2.05) is 22.3 Å². The molecule has 0 spiro atoms. The summed E-state index contributed by atoms with van der Waals surface area (Å²) in [5, 5.41) is 15.2. The monoisotopic (exact) mass is 341 g/mol. The molecule has 2 aromatic heterocycles. The number of rotatable bonds is 5. The maximum atomic E-state index is 5.99. The smallest absolute Gasteiger partial charge is 0.118 e. The van der Waals surface area contributed by atoms with Crippen LogP contribution in [0.4, 0.5) is 0 Å². The van der Waals surface area contributed by atoms with Crippen molar-refractivity contribution < 1.29 is 4.74 Å². The number of hydrogen-bond donors (Lipinski definition) is 1. The zero-order chi connectivity index (χ0) is 16.4. The van der Waals surface area contributed by atoms with E-state index in [0.29, 0.717) is 6.61 Å². The van der Waals surface area contributed by atoms with E-state index in [1.54, 1.807) is 11.3 Å². The molecule has 0 unspecified atom stereocenters. The van der Waals surface area contributed by atoms with Gasteiger partial charge < -0.3 is 10.1 Å². The maximum Gasteiger partial charge on any atom is 0.118 e. The molecule has 0 bridgehead atoms. The van der Waals surface area contributed by atoms with Crippen LogP contribution in [0.2, 0.25) is 0 Å². The Bertz CT molecular complexity index is 814. The number of nitrogens with one attached hydrogen (secondary N) is 1. The van der Waals surface area contributed by atoms with E-state index in [-0.39, 0.29) is 6.10 Å². The lowest BCUT2D eigenvalue weighted by atomic mass is 10.1. The number of thiazole rings is 1. The van der Waals surface area contributed by atoms with E-state index in [0.717, 1.165) is 41.6 Å². The summed E-state index contributed by atoms with van der Waals surface area (Å²) in [6.45, 7) is 4.90. The summed E-state index contributed by atoms with van der Waals surface area (Å²) in [6, 6.07) is 8.33. The average molecular weight is 341 g/mol. The minimum atomic E-state index is 0.101. The minimum absolute atomic E-state index is 0.101. The molecular weight excluding hydrogens is 322 g/mol. The van der Waals surface area contributed by atoms with Crippen LogP contribution in [-0.4, -0.2) is 32.6 Å². The quantitative estimate of drug-likeness (QED) is 0.772. The normalized spacial score (nSPS) is 17.0. The molecule has 1 aliphatic rings. The Morgan fingerprint density at radius 1 is 1.42 bits per heavy atom. The van der Waals surface area contributed by atoms with Crippen LogP contribution in [0.3, 0.4) is 0 Å². The molecule has 0 saturated heterocycles. The molecule has 0 aliphatic carbocycles. The zero-order valence-corrected chi connectivity index (χ0v) is 14.3. The minimum Gasteiger partial charge on any atom is -0.369 e. The second kappa shape index (κ2) is 6.80. The summed E-state index contributed by atoms with van der Waals surface area (Å²) in [5.41, 5.74) is 4.29. The summed E-state index contributed by atoms with van der Waals surface area (Å²) in [6.07, 6.45) is 1.93. The van der Waals surface area contributed by atoms with Gasteiger partial charge in [0, 0.05) is 30.2 Å². The second-order valence-corrected chi connectivity index (χ2v) is 6.91. The Morgan fingerprint density at radius 2 is 2.38 bits per heavy atom.